The number of carbonyl (C=O) groups is 1. The number of alkyl halides is 2. The zero-order valence-electron chi connectivity index (χ0n) is 20.9. The molecule has 194 valence electrons. The van der Waals surface area contributed by atoms with Gasteiger partial charge in [-0.1, -0.05) is 18.2 Å². The summed E-state index contributed by atoms with van der Waals surface area (Å²) < 4.78 is 46.8. The van der Waals surface area contributed by atoms with Crippen LogP contribution < -0.4 is 10.1 Å². The van der Waals surface area contributed by atoms with Crippen molar-refractivity contribution in [2.24, 2.45) is 0 Å². The van der Waals surface area contributed by atoms with Crippen LogP contribution in [0.1, 0.15) is 48.8 Å². The molecule has 4 rings (SSSR count). The first-order chi connectivity index (χ1) is 17.6. The third-order valence-corrected chi connectivity index (χ3v) is 6.40. The van der Waals surface area contributed by atoms with E-state index in [0.717, 1.165) is 6.07 Å². The van der Waals surface area contributed by atoms with Crippen molar-refractivity contribution < 1.29 is 22.7 Å². The van der Waals surface area contributed by atoms with E-state index in [4.69, 9.17) is 4.74 Å². The van der Waals surface area contributed by atoms with E-state index in [-0.39, 0.29) is 28.7 Å². The molecule has 1 saturated heterocycles. The minimum absolute atomic E-state index is 0.0418. The molecule has 1 amide bonds. The SMILES string of the molecule is Cc1nc(N[C@H](C)c2cccc(C(F)F)c2F)c2cc(OC(=O)N3CCN(C)C[C@H]3C)c(C#N)cc2n1. The number of piperazine rings is 1. The number of benzene rings is 2. The second kappa shape index (κ2) is 10.6. The van der Waals surface area contributed by atoms with E-state index < -0.39 is 29.9 Å². The van der Waals surface area contributed by atoms with Gasteiger partial charge < -0.3 is 19.9 Å². The first-order valence-corrected chi connectivity index (χ1v) is 11.8. The van der Waals surface area contributed by atoms with Crippen molar-refractivity contribution in [1.82, 2.24) is 19.8 Å². The van der Waals surface area contributed by atoms with Crippen molar-refractivity contribution >= 4 is 22.8 Å². The van der Waals surface area contributed by atoms with Gasteiger partial charge in [0.05, 0.1) is 22.7 Å². The molecule has 2 aromatic carbocycles. The summed E-state index contributed by atoms with van der Waals surface area (Å²) in [7, 11) is 1.98. The van der Waals surface area contributed by atoms with Crippen molar-refractivity contribution in [3.05, 3.63) is 58.7 Å². The van der Waals surface area contributed by atoms with E-state index in [1.807, 2.05) is 20.0 Å². The van der Waals surface area contributed by atoms with Crippen LogP contribution in [0.25, 0.3) is 10.9 Å². The molecule has 0 spiro atoms. The molecule has 1 aliphatic rings. The van der Waals surface area contributed by atoms with Crippen LogP contribution in [0.5, 0.6) is 5.75 Å². The summed E-state index contributed by atoms with van der Waals surface area (Å²) in [4.78, 5) is 25.5. The van der Waals surface area contributed by atoms with E-state index in [1.165, 1.54) is 24.3 Å². The Morgan fingerprint density at radius 2 is 1.97 bits per heavy atom. The van der Waals surface area contributed by atoms with Gasteiger partial charge in [0.25, 0.3) is 6.43 Å². The minimum atomic E-state index is -2.95. The molecule has 1 N–H and O–H groups in total. The standard InChI is InChI=1S/C26H27F3N6O2/c1-14-13-34(4)8-9-35(14)26(36)37-22-11-20-21(10-17(22)12-30)32-16(3)33-25(20)31-15(2)18-6-5-7-19(23(18)27)24(28)29/h5-7,10-11,14-15,24H,8-9,13H2,1-4H3,(H,31,32,33)/t14-,15-/m1/s1. The molecule has 11 heteroatoms. The molecule has 2 heterocycles. The Bertz CT molecular complexity index is 1380. The third kappa shape index (κ3) is 5.44. The number of amides is 1. The molecule has 0 unspecified atom stereocenters. The number of nitrogens with one attached hydrogen (secondary N) is 1. The highest BCUT2D eigenvalue weighted by Crippen LogP contribution is 2.33. The lowest BCUT2D eigenvalue weighted by Crippen LogP contribution is -2.53. The van der Waals surface area contributed by atoms with Gasteiger partial charge in [-0.25, -0.2) is 27.9 Å². The molecule has 2 atom stereocenters. The lowest BCUT2D eigenvalue weighted by atomic mass is 10.0. The highest BCUT2D eigenvalue weighted by atomic mass is 19.3. The second-order valence-electron chi connectivity index (χ2n) is 9.19. The van der Waals surface area contributed by atoms with Crippen LogP contribution in [0.2, 0.25) is 0 Å². The van der Waals surface area contributed by atoms with E-state index in [2.05, 4.69) is 20.2 Å². The molecule has 0 bridgehead atoms. The topological polar surface area (TPSA) is 94.4 Å². The fourth-order valence-electron chi connectivity index (χ4n) is 4.47. The first-order valence-electron chi connectivity index (χ1n) is 11.8. The molecule has 0 aliphatic carbocycles. The monoisotopic (exact) mass is 512 g/mol. The van der Waals surface area contributed by atoms with Crippen molar-refractivity contribution in [3.63, 3.8) is 0 Å². The van der Waals surface area contributed by atoms with Gasteiger partial charge >= 0.3 is 6.09 Å². The molecule has 0 saturated carbocycles. The summed E-state index contributed by atoms with van der Waals surface area (Å²) in [6, 6.07) is 8.07. The molecule has 0 radical (unpaired) electrons. The molecule has 37 heavy (non-hydrogen) atoms. The number of rotatable bonds is 5. The third-order valence-electron chi connectivity index (χ3n) is 6.40. The Hall–Kier alpha value is -3.91. The molecule has 8 nitrogen and oxygen atoms in total. The summed E-state index contributed by atoms with van der Waals surface area (Å²) in [5, 5.41) is 13.2. The number of carbonyl (C=O) groups excluding carboxylic acids is 1. The summed E-state index contributed by atoms with van der Waals surface area (Å²) in [5.74, 6) is -0.286. The number of halogens is 3. The van der Waals surface area contributed by atoms with Crippen LogP contribution in [0.15, 0.2) is 30.3 Å². The Morgan fingerprint density at radius 3 is 2.65 bits per heavy atom. The van der Waals surface area contributed by atoms with Gasteiger partial charge in [0.1, 0.15) is 23.5 Å². The normalized spacial score (nSPS) is 17.1. The highest BCUT2D eigenvalue weighted by molar-refractivity contribution is 5.92. The highest BCUT2D eigenvalue weighted by Gasteiger charge is 2.28. The predicted molar refractivity (Wildman–Crippen MR) is 132 cm³/mol. The van der Waals surface area contributed by atoms with Gasteiger partial charge in [0.15, 0.2) is 5.75 Å². The van der Waals surface area contributed by atoms with Gasteiger partial charge in [0.2, 0.25) is 0 Å². The second-order valence-corrected chi connectivity index (χ2v) is 9.19. The summed E-state index contributed by atoms with van der Waals surface area (Å²) in [6.45, 7) is 7.08. The van der Waals surface area contributed by atoms with Gasteiger partial charge in [-0.05, 0) is 40.0 Å². The molecular weight excluding hydrogens is 485 g/mol. The lowest BCUT2D eigenvalue weighted by molar-refractivity contribution is 0.0892. The number of hydrogen-bond acceptors (Lipinski definition) is 7. The van der Waals surface area contributed by atoms with E-state index >= 15 is 0 Å². The Labute approximate surface area is 212 Å². The average Bonchev–Trinajstić information content (AvgIpc) is 2.83. The zero-order valence-corrected chi connectivity index (χ0v) is 20.9. The largest absolute Gasteiger partial charge is 0.415 e. The van der Waals surface area contributed by atoms with Crippen LogP contribution in [0.3, 0.4) is 0 Å². The van der Waals surface area contributed by atoms with Gasteiger partial charge in [-0.2, -0.15) is 5.26 Å². The molecule has 3 aromatic rings. The number of aromatic nitrogens is 2. The Balaban J connectivity index is 1.69. The minimum Gasteiger partial charge on any atom is -0.409 e. The van der Waals surface area contributed by atoms with E-state index in [0.29, 0.717) is 36.4 Å². The molecule has 1 aliphatic heterocycles. The van der Waals surface area contributed by atoms with Gasteiger partial charge in [0, 0.05) is 36.6 Å². The maximum Gasteiger partial charge on any atom is 0.415 e. The van der Waals surface area contributed by atoms with Gasteiger partial charge in [-0.3, -0.25) is 0 Å². The van der Waals surface area contributed by atoms with E-state index in [1.54, 1.807) is 18.7 Å². The fourth-order valence-corrected chi connectivity index (χ4v) is 4.47. The summed E-state index contributed by atoms with van der Waals surface area (Å²) in [6.07, 6.45) is -3.52. The maximum atomic E-state index is 14.8. The van der Waals surface area contributed by atoms with Crippen LogP contribution in [-0.2, 0) is 0 Å². The number of nitrogens with zero attached hydrogens (tertiary/aromatic N) is 5. The average molecular weight is 513 g/mol. The number of ether oxygens (including phenoxy) is 1. The van der Waals surface area contributed by atoms with Crippen LogP contribution in [0, 0.1) is 24.1 Å². The number of likely N-dealkylation sites (N-methyl/N-ethyl adjacent to an activating group) is 1. The Kier molecular flexibility index (Phi) is 7.50. The maximum absolute atomic E-state index is 14.8. The number of anilines is 1. The smallest absolute Gasteiger partial charge is 0.409 e. The van der Waals surface area contributed by atoms with Crippen molar-refractivity contribution in [1.29, 1.82) is 5.26 Å². The van der Waals surface area contributed by atoms with Crippen molar-refractivity contribution in [2.75, 3.05) is 32.0 Å². The van der Waals surface area contributed by atoms with Crippen molar-refractivity contribution in [3.8, 4) is 11.8 Å². The molecular formula is C26H27F3N6O2. The fraction of sp³-hybridized carbons (Fsp3) is 0.385. The summed E-state index contributed by atoms with van der Waals surface area (Å²) >= 11 is 0. The molecule has 1 aromatic heterocycles. The van der Waals surface area contributed by atoms with Crippen LogP contribution in [-0.4, -0.2) is 58.6 Å². The zero-order chi connectivity index (χ0) is 26.9. The van der Waals surface area contributed by atoms with E-state index in [9.17, 15) is 23.2 Å². The van der Waals surface area contributed by atoms with Crippen LogP contribution in [0.4, 0.5) is 23.8 Å². The quantitative estimate of drug-likeness (QED) is 0.503. The van der Waals surface area contributed by atoms with Gasteiger partial charge in [-0.15, -0.1) is 0 Å². The molecule has 1 fully saturated rings. The summed E-state index contributed by atoms with van der Waals surface area (Å²) in [5.41, 5.74) is -0.101. The van der Waals surface area contributed by atoms with Crippen molar-refractivity contribution in [2.45, 2.75) is 39.3 Å². The Morgan fingerprint density at radius 1 is 1.24 bits per heavy atom. The van der Waals surface area contributed by atoms with Crippen LogP contribution >= 0.6 is 0 Å². The number of aryl methyl sites for hydroxylation is 1. The lowest BCUT2D eigenvalue weighted by Gasteiger charge is -2.37. The number of nitriles is 1. The number of hydrogen-bond donors (Lipinski definition) is 1. The first kappa shape index (κ1) is 26.2. The predicted octanol–water partition coefficient (Wildman–Crippen LogP) is 5.19. The number of fused-ring (bicyclic) bond motifs is 1.